The van der Waals surface area contributed by atoms with E-state index in [0.717, 1.165) is 18.8 Å². The molecule has 1 aliphatic heterocycles. The Morgan fingerprint density at radius 2 is 2.12 bits per heavy atom. The molecule has 2 fully saturated rings. The van der Waals surface area contributed by atoms with Gasteiger partial charge in [-0.2, -0.15) is 0 Å². The Labute approximate surface area is 103 Å². The zero-order chi connectivity index (χ0) is 12.3. The number of ether oxygens (including phenoxy) is 2. The molecule has 98 valence electrons. The van der Waals surface area contributed by atoms with Crippen molar-refractivity contribution in [3.05, 3.63) is 0 Å². The molecule has 1 amide bonds. The van der Waals surface area contributed by atoms with Gasteiger partial charge in [0.05, 0.1) is 6.61 Å². The van der Waals surface area contributed by atoms with E-state index in [1.165, 1.54) is 12.8 Å². The van der Waals surface area contributed by atoms with Gasteiger partial charge in [-0.25, -0.2) is 0 Å². The van der Waals surface area contributed by atoms with Crippen molar-refractivity contribution in [2.75, 3.05) is 13.2 Å². The lowest BCUT2D eigenvalue weighted by molar-refractivity contribution is -0.191. The van der Waals surface area contributed by atoms with Crippen molar-refractivity contribution in [3.8, 4) is 0 Å². The first-order chi connectivity index (χ1) is 8.13. The monoisotopic (exact) mass is 241 g/mol. The van der Waals surface area contributed by atoms with Crippen molar-refractivity contribution in [1.29, 1.82) is 0 Å². The Morgan fingerprint density at radius 1 is 1.41 bits per heavy atom. The molecule has 1 heterocycles. The molecular weight excluding hydrogens is 218 g/mol. The number of carbonyl (C=O) groups excluding carboxylic acids is 1. The van der Waals surface area contributed by atoms with Crippen molar-refractivity contribution < 1.29 is 14.3 Å². The van der Waals surface area contributed by atoms with Crippen LogP contribution in [0.4, 0.5) is 0 Å². The zero-order valence-corrected chi connectivity index (χ0v) is 10.8. The molecule has 17 heavy (non-hydrogen) atoms. The molecule has 1 unspecified atom stereocenters. The molecule has 1 N–H and O–H groups in total. The third-order valence-electron chi connectivity index (χ3n) is 3.80. The highest BCUT2D eigenvalue weighted by atomic mass is 16.7. The quantitative estimate of drug-likeness (QED) is 0.820. The number of nitrogens with one attached hydrogen (secondary N) is 1. The summed E-state index contributed by atoms with van der Waals surface area (Å²) >= 11 is 0. The van der Waals surface area contributed by atoms with Gasteiger partial charge in [0.25, 0.3) is 0 Å². The predicted molar refractivity (Wildman–Crippen MR) is 64.5 cm³/mol. The molecule has 1 saturated heterocycles. The van der Waals surface area contributed by atoms with Gasteiger partial charge in [-0.3, -0.25) is 4.79 Å². The van der Waals surface area contributed by atoms with Gasteiger partial charge >= 0.3 is 0 Å². The lowest BCUT2D eigenvalue weighted by Crippen LogP contribution is -2.38. The molecule has 4 heteroatoms. The lowest BCUT2D eigenvalue weighted by Gasteiger charge is -2.34. The van der Waals surface area contributed by atoms with Crippen LogP contribution in [0.5, 0.6) is 0 Å². The van der Waals surface area contributed by atoms with Gasteiger partial charge in [0.15, 0.2) is 5.79 Å². The van der Waals surface area contributed by atoms with Gasteiger partial charge in [-0.05, 0) is 18.8 Å². The van der Waals surface area contributed by atoms with Gasteiger partial charge in [-0.1, -0.05) is 13.8 Å². The Morgan fingerprint density at radius 3 is 2.76 bits per heavy atom. The van der Waals surface area contributed by atoms with E-state index < -0.39 is 0 Å². The minimum atomic E-state index is -0.339. The highest BCUT2D eigenvalue weighted by Crippen LogP contribution is 2.39. The molecule has 4 nitrogen and oxygen atoms in total. The minimum Gasteiger partial charge on any atom is -0.353 e. The average molecular weight is 241 g/mol. The topological polar surface area (TPSA) is 47.6 Å². The molecular formula is C13H23NO3. The molecule has 0 bridgehead atoms. The summed E-state index contributed by atoms with van der Waals surface area (Å²) in [6.45, 7) is 5.31. The summed E-state index contributed by atoms with van der Waals surface area (Å²) in [4.78, 5) is 11.2. The smallest absolute Gasteiger partial charge is 0.219 e. The fourth-order valence-electron chi connectivity index (χ4n) is 2.53. The average Bonchev–Trinajstić information content (AvgIpc) is 2.74. The molecule has 1 saturated carbocycles. The number of carbonyl (C=O) groups is 1. The highest BCUT2D eigenvalue weighted by molar-refractivity contribution is 5.75. The maximum absolute atomic E-state index is 11.2. The van der Waals surface area contributed by atoms with E-state index in [1.807, 2.05) is 6.92 Å². The number of hydrogen-bond acceptors (Lipinski definition) is 3. The molecule has 0 radical (unpaired) electrons. The predicted octanol–water partition coefficient (Wildman–Crippen LogP) is 1.83. The molecule has 1 aliphatic carbocycles. The van der Waals surface area contributed by atoms with E-state index in [4.69, 9.17) is 9.47 Å². The van der Waals surface area contributed by atoms with Crippen LogP contribution in [0.2, 0.25) is 0 Å². The first kappa shape index (κ1) is 12.8. The molecule has 1 atom stereocenters. The van der Waals surface area contributed by atoms with Crippen LogP contribution in [-0.2, 0) is 14.3 Å². The van der Waals surface area contributed by atoms with Gasteiger partial charge in [-0.15, -0.1) is 0 Å². The third kappa shape index (κ3) is 3.19. The van der Waals surface area contributed by atoms with Crippen LogP contribution in [-0.4, -0.2) is 30.9 Å². The van der Waals surface area contributed by atoms with Crippen LogP contribution in [0.25, 0.3) is 0 Å². The second kappa shape index (κ2) is 5.36. The van der Waals surface area contributed by atoms with Crippen LogP contribution in [0.1, 0.15) is 46.0 Å². The first-order valence-corrected chi connectivity index (χ1v) is 6.72. The fourth-order valence-corrected chi connectivity index (χ4v) is 2.53. The van der Waals surface area contributed by atoms with E-state index in [1.54, 1.807) is 0 Å². The number of hydrogen-bond donors (Lipinski definition) is 1. The maximum atomic E-state index is 11.2. The fraction of sp³-hybridized carbons (Fsp3) is 0.923. The Balaban J connectivity index is 1.77. The van der Waals surface area contributed by atoms with Crippen molar-refractivity contribution in [2.24, 2.45) is 5.92 Å². The Bertz CT molecular complexity index is 272. The van der Waals surface area contributed by atoms with Crippen LogP contribution in [0.3, 0.4) is 0 Å². The zero-order valence-electron chi connectivity index (χ0n) is 10.8. The van der Waals surface area contributed by atoms with Gasteiger partial charge in [0.2, 0.25) is 5.91 Å². The number of rotatable bonds is 3. The summed E-state index contributed by atoms with van der Waals surface area (Å²) in [6.07, 6.45) is 4.88. The van der Waals surface area contributed by atoms with E-state index in [-0.39, 0.29) is 17.8 Å². The first-order valence-electron chi connectivity index (χ1n) is 6.72. The summed E-state index contributed by atoms with van der Waals surface area (Å²) in [7, 11) is 0. The molecule has 2 aliphatic rings. The van der Waals surface area contributed by atoms with Crippen LogP contribution >= 0.6 is 0 Å². The van der Waals surface area contributed by atoms with Gasteiger partial charge < -0.3 is 14.8 Å². The van der Waals surface area contributed by atoms with E-state index >= 15 is 0 Å². The van der Waals surface area contributed by atoms with Crippen molar-refractivity contribution in [3.63, 3.8) is 0 Å². The van der Waals surface area contributed by atoms with Crippen LogP contribution in [0.15, 0.2) is 0 Å². The number of amides is 1. The van der Waals surface area contributed by atoms with Crippen molar-refractivity contribution in [2.45, 2.75) is 57.8 Å². The molecule has 0 aromatic carbocycles. The molecule has 0 aromatic heterocycles. The summed E-state index contributed by atoms with van der Waals surface area (Å²) in [5, 5.41) is 2.86. The highest BCUT2D eigenvalue weighted by Gasteiger charge is 2.43. The Kier molecular flexibility index (Phi) is 4.05. The van der Waals surface area contributed by atoms with Crippen LogP contribution in [0, 0.1) is 5.92 Å². The molecule has 0 aromatic rings. The van der Waals surface area contributed by atoms with Gasteiger partial charge in [0.1, 0.15) is 6.10 Å². The summed E-state index contributed by atoms with van der Waals surface area (Å²) in [6, 6.07) is 0. The standard InChI is InChI=1S/C13H23NO3/c1-3-12(15)14-8-11-9-16-13(17-11)6-4-10(2)5-7-13/h10-11H,3-9H2,1-2H3,(H,14,15). The van der Waals surface area contributed by atoms with E-state index in [0.29, 0.717) is 19.6 Å². The minimum absolute atomic E-state index is 0.0268. The molecule has 1 spiro atoms. The summed E-state index contributed by atoms with van der Waals surface area (Å²) < 4.78 is 11.8. The van der Waals surface area contributed by atoms with Gasteiger partial charge in [0, 0.05) is 25.8 Å². The summed E-state index contributed by atoms with van der Waals surface area (Å²) in [5.74, 6) is 0.521. The van der Waals surface area contributed by atoms with E-state index in [2.05, 4.69) is 12.2 Å². The largest absolute Gasteiger partial charge is 0.353 e. The maximum Gasteiger partial charge on any atom is 0.219 e. The van der Waals surface area contributed by atoms with Crippen LogP contribution < -0.4 is 5.32 Å². The van der Waals surface area contributed by atoms with Crippen molar-refractivity contribution in [1.82, 2.24) is 5.32 Å². The van der Waals surface area contributed by atoms with E-state index in [9.17, 15) is 4.79 Å². The lowest BCUT2D eigenvalue weighted by atomic mass is 9.86. The second-order valence-electron chi connectivity index (χ2n) is 5.30. The second-order valence-corrected chi connectivity index (χ2v) is 5.30. The SMILES string of the molecule is CCC(=O)NCC1COC2(CCC(C)CC2)O1. The Hall–Kier alpha value is -0.610. The summed E-state index contributed by atoms with van der Waals surface area (Å²) in [5.41, 5.74) is 0. The van der Waals surface area contributed by atoms with Crippen molar-refractivity contribution >= 4 is 5.91 Å². The normalized spacial score (nSPS) is 37.3. The third-order valence-corrected chi connectivity index (χ3v) is 3.80. The molecule has 2 rings (SSSR count).